The normalized spacial score (nSPS) is 11.3. The zero-order valence-corrected chi connectivity index (χ0v) is 15.2. The van der Waals surface area contributed by atoms with Crippen molar-refractivity contribution < 1.29 is 13.2 Å². The Bertz CT molecular complexity index is 839. The first-order valence-electron chi connectivity index (χ1n) is 7.31. The lowest BCUT2D eigenvalue weighted by Gasteiger charge is -2.19. The molecule has 0 aliphatic carbocycles. The number of sulfone groups is 1. The summed E-state index contributed by atoms with van der Waals surface area (Å²) in [5.74, 6) is 0.680. The number of ether oxygens (including phenoxy) is 1. The fourth-order valence-electron chi connectivity index (χ4n) is 2.18. The van der Waals surface area contributed by atoms with E-state index in [2.05, 4.69) is 9.97 Å². The molecule has 0 spiro atoms. The fraction of sp³-hybridized carbons (Fsp3) is 0.333. The Balaban J connectivity index is 2.48. The van der Waals surface area contributed by atoms with Crippen molar-refractivity contribution in [2.24, 2.45) is 0 Å². The fourth-order valence-corrected chi connectivity index (χ4v) is 3.79. The maximum atomic E-state index is 12.8. The van der Waals surface area contributed by atoms with Gasteiger partial charge in [0.25, 0.3) is 0 Å². The third-order valence-corrected chi connectivity index (χ3v) is 5.60. The van der Waals surface area contributed by atoms with Crippen LogP contribution in [0.25, 0.3) is 0 Å². The van der Waals surface area contributed by atoms with E-state index in [4.69, 9.17) is 22.1 Å². The van der Waals surface area contributed by atoms with Crippen molar-refractivity contribution >= 4 is 33.2 Å². The Labute approximate surface area is 146 Å². The van der Waals surface area contributed by atoms with Gasteiger partial charge in [0.05, 0.1) is 23.2 Å². The molecule has 0 fully saturated rings. The second kappa shape index (κ2) is 7.23. The Morgan fingerprint density at radius 2 is 1.96 bits per heavy atom. The first kappa shape index (κ1) is 18.3. The highest BCUT2D eigenvalue weighted by Crippen LogP contribution is 2.31. The molecule has 2 rings (SSSR count). The van der Waals surface area contributed by atoms with Crippen LogP contribution in [0.3, 0.4) is 0 Å². The standard InChI is InChI=1S/C15H19ClN4O3S/c1-4-20(5-2)15-18-9-13(14(17)19-15)24(21,22)10-6-7-12(23-3)11(16)8-10/h6-9H,4-5H2,1-3H3,(H2,17,18,19). The molecule has 0 amide bonds. The van der Waals surface area contributed by atoms with Gasteiger partial charge in [0, 0.05) is 13.1 Å². The number of methoxy groups -OCH3 is 1. The molecule has 7 nitrogen and oxygen atoms in total. The number of aromatic nitrogens is 2. The minimum atomic E-state index is -3.88. The first-order chi connectivity index (χ1) is 11.3. The third-order valence-electron chi connectivity index (χ3n) is 3.54. The molecule has 0 atom stereocenters. The van der Waals surface area contributed by atoms with Crippen molar-refractivity contribution in [2.45, 2.75) is 23.6 Å². The number of nitrogens with zero attached hydrogens (tertiary/aromatic N) is 3. The molecule has 0 aliphatic heterocycles. The molecule has 2 aromatic rings. The number of nitrogen functional groups attached to an aromatic ring is 1. The topological polar surface area (TPSA) is 98.4 Å². The lowest BCUT2D eigenvalue weighted by atomic mass is 10.3. The zero-order chi connectivity index (χ0) is 17.9. The van der Waals surface area contributed by atoms with Crippen LogP contribution in [0.5, 0.6) is 5.75 Å². The smallest absolute Gasteiger partial charge is 0.227 e. The number of halogens is 1. The highest BCUT2D eigenvalue weighted by molar-refractivity contribution is 7.91. The third kappa shape index (κ3) is 3.39. The summed E-state index contributed by atoms with van der Waals surface area (Å²) in [6, 6.07) is 4.20. The van der Waals surface area contributed by atoms with Gasteiger partial charge in [0.15, 0.2) is 0 Å². The van der Waals surface area contributed by atoms with Gasteiger partial charge in [-0.25, -0.2) is 13.4 Å². The van der Waals surface area contributed by atoms with E-state index >= 15 is 0 Å². The number of anilines is 2. The summed E-state index contributed by atoms with van der Waals surface area (Å²) in [6.07, 6.45) is 1.23. The van der Waals surface area contributed by atoms with Gasteiger partial charge in [-0.15, -0.1) is 0 Å². The predicted molar refractivity (Wildman–Crippen MR) is 93.5 cm³/mol. The van der Waals surface area contributed by atoms with Gasteiger partial charge in [-0.3, -0.25) is 0 Å². The lowest BCUT2D eigenvalue weighted by molar-refractivity contribution is 0.414. The number of nitrogens with two attached hydrogens (primary N) is 1. The van der Waals surface area contributed by atoms with Crippen LogP contribution >= 0.6 is 11.6 Å². The van der Waals surface area contributed by atoms with Crippen molar-refractivity contribution in [3.05, 3.63) is 29.4 Å². The number of hydrogen-bond acceptors (Lipinski definition) is 7. The summed E-state index contributed by atoms with van der Waals surface area (Å²) in [5, 5.41) is 0.192. The van der Waals surface area contributed by atoms with E-state index in [9.17, 15) is 8.42 Å². The first-order valence-corrected chi connectivity index (χ1v) is 9.17. The van der Waals surface area contributed by atoms with Crippen LogP contribution in [-0.2, 0) is 9.84 Å². The van der Waals surface area contributed by atoms with Crippen LogP contribution in [0, 0.1) is 0 Å². The van der Waals surface area contributed by atoms with Crippen LogP contribution in [0.4, 0.5) is 11.8 Å². The highest BCUT2D eigenvalue weighted by Gasteiger charge is 2.24. The molecular formula is C15H19ClN4O3S. The Hall–Kier alpha value is -2.06. The van der Waals surface area contributed by atoms with E-state index in [1.165, 1.54) is 31.5 Å². The summed E-state index contributed by atoms with van der Waals surface area (Å²) in [7, 11) is -2.43. The van der Waals surface area contributed by atoms with Crippen molar-refractivity contribution in [1.82, 2.24) is 9.97 Å². The van der Waals surface area contributed by atoms with Gasteiger partial charge in [-0.1, -0.05) is 11.6 Å². The van der Waals surface area contributed by atoms with E-state index in [1.807, 2.05) is 18.7 Å². The van der Waals surface area contributed by atoms with Crippen LogP contribution in [-0.4, -0.2) is 38.6 Å². The molecule has 0 radical (unpaired) electrons. The summed E-state index contributed by atoms with van der Waals surface area (Å²) >= 11 is 6.01. The molecule has 2 N–H and O–H groups in total. The lowest BCUT2D eigenvalue weighted by Crippen LogP contribution is -2.25. The van der Waals surface area contributed by atoms with Crippen LogP contribution in [0.1, 0.15) is 13.8 Å². The van der Waals surface area contributed by atoms with E-state index in [1.54, 1.807) is 0 Å². The van der Waals surface area contributed by atoms with Gasteiger partial charge in [0.1, 0.15) is 16.5 Å². The van der Waals surface area contributed by atoms with E-state index in [-0.39, 0.29) is 20.6 Å². The zero-order valence-electron chi connectivity index (χ0n) is 13.7. The molecule has 0 aliphatic rings. The molecule has 0 bridgehead atoms. The summed E-state index contributed by atoms with van der Waals surface area (Å²) in [5.41, 5.74) is 5.87. The molecule has 1 aromatic carbocycles. The van der Waals surface area contributed by atoms with Crippen molar-refractivity contribution in [3.63, 3.8) is 0 Å². The Kier molecular flexibility index (Phi) is 5.51. The SMILES string of the molecule is CCN(CC)c1ncc(S(=O)(=O)c2ccc(OC)c(Cl)c2)c(N)n1. The van der Waals surface area contributed by atoms with Crippen LogP contribution in [0.2, 0.25) is 5.02 Å². The summed E-state index contributed by atoms with van der Waals surface area (Å²) in [4.78, 5) is 9.96. The summed E-state index contributed by atoms with van der Waals surface area (Å²) in [6.45, 7) is 5.28. The molecule has 130 valence electrons. The maximum absolute atomic E-state index is 12.8. The van der Waals surface area contributed by atoms with Crippen molar-refractivity contribution in [3.8, 4) is 5.75 Å². The number of benzene rings is 1. The van der Waals surface area contributed by atoms with E-state index < -0.39 is 9.84 Å². The number of rotatable bonds is 6. The number of hydrogen-bond donors (Lipinski definition) is 1. The Morgan fingerprint density at radius 1 is 1.29 bits per heavy atom. The molecule has 1 aromatic heterocycles. The Morgan fingerprint density at radius 3 is 2.46 bits per heavy atom. The predicted octanol–water partition coefficient (Wildman–Crippen LogP) is 2.40. The molecule has 1 heterocycles. The second-order valence-electron chi connectivity index (χ2n) is 4.89. The van der Waals surface area contributed by atoms with Crippen molar-refractivity contribution in [1.29, 1.82) is 0 Å². The average Bonchev–Trinajstić information content (AvgIpc) is 2.55. The maximum Gasteiger partial charge on any atom is 0.227 e. The van der Waals surface area contributed by atoms with Gasteiger partial charge < -0.3 is 15.4 Å². The molecular weight excluding hydrogens is 352 g/mol. The van der Waals surface area contributed by atoms with E-state index in [0.29, 0.717) is 24.8 Å². The largest absolute Gasteiger partial charge is 0.495 e. The molecule has 0 saturated carbocycles. The molecule has 0 unspecified atom stereocenters. The van der Waals surface area contributed by atoms with Gasteiger partial charge in [0.2, 0.25) is 15.8 Å². The second-order valence-corrected chi connectivity index (χ2v) is 7.22. The van der Waals surface area contributed by atoms with E-state index in [0.717, 1.165) is 0 Å². The van der Waals surface area contributed by atoms with Gasteiger partial charge in [-0.2, -0.15) is 4.98 Å². The van der Waals surface area contributed by atoms with Crippen molar-refractivity contribution in [2.75, 3.05) is 30.8 Å². The summed E-state index contributed by atoms with van der Waals surface area (Å²) < 4.78 is 30.5. The molecule has 9 heteroatoms. The van der Waals surface area contributed by atoms with Gasteiger partial charge >= 0.3 is 0 Å². The average molecular weight is 371 g/mol. The van der Waals surface area contributed by atoms with Crippen LogP contribution < -0.4 is 15.4 Å². The molecule has 0 saturated heterocycles. The monoisotopic (exact) mass is 370 g/mol. The minimum Gasteiger partial charge on any atom is -0.495 e. The van der Waals surface area contributed by atoms with Crippen LogP contribution in [0.15, 0.2) is 34.2 Å². The highest BCUT2D eigenvalue weighted by atomic mass is 35.5. The minimum absolute atomic E-state index is 0.000751. The molecule has 24 heavy (non-hydrogen) atoms. The van der Waals surface area contributed by atoms with Gasteiger partial charge in [-0.05, 0) is 32.0 Å². The quantitative estimate of drug-likeness (QED) is 0.833.